The molecule has 4 rings (SSSR count). The average Bonchev–Trinajstić information content (AvgIpc) is 3.36. The molecule has 0 aromatic heterocycles. The normalized spacial score (nSPS) is 22.3. The van der Waals surface area contributed by atoms with Gasteiger partial charge in [0.2, 0.25) is 11.8 Å². The Morgan fingerprint density at radius 1 is 1.21 bits per heavy atom. The molecular weight excluding hydrogens is 440 g/mol. The third kappa shape index (κ3) is 5.40. The average molecular weight is 471 g/mol. The highest BCUT2D eigenvalue weighted by atomic mass is 32.2. The molecule has 0 aliphatic carbocycles. The second-order valence-corrected chi connectivity index (χ2v) is 10.0. The van der Waals surface area contributed by atoms with Gasteiger partial charge in [0.25, 0.3) is 5.91 Å². The van der Waals surface area contributed by atoms with Crippen LogP contribution in [0.25, 0.3) is 6.08 Å². The standard InChI is InChI=1S/C24H30N4O4S/c1-2-32-18-6-4-3-5-17(18)7-8-20(29)27-12-9-24(10-13-27)11-14-28(16-24)21(30)15-19-22(31)26-23(25)33-19/h3-8,19H,2,9-16H2,1H3,(H2,25,26,31)/b8-7+. The number of thioether (sulfide) groups is 1. The van der Waals surface area contributed by atoms with Crippen LogP contribution >= 0.6 is 11.8 Å². The Balaban J connectivity index is 1.28. The number of rotatable bonds is 6. The molecule has 1 spiro atoms. The van der Waals surface area contributed by atoms with Crippen molar-refractivity contribution in [1.29, 1.82) is 0 Å². The number of aliphatic imine (C=N–C) groups is 1. The van der Waals surface area contributed by atoms with Gasteiger partial charge in [-0.3, -0.25) is 14.4 Å². The number of hydrogen-bond acceptors (Lipinski definition) is 6. The Morgan fingerprint density at radius 2 is 1.91 bits per heavy atom. The largest absolute Gasteiger partial charge is 0.493 e. The molecule has 3 aliphatic heterocycles. The molecule has 3 amide bonds. The molecule has 1 aromatic rings. The van der Waals surface area contributed by atoms with Gasteiger partial charge < -0.3 is 20.3 Å². The lowest BCUT2D eigenvalue weighted by atomic mass is 9.78. The second-order valence-electron chi connectivity index (χ2n) is 8.79. The minimum atomic E-state index is -0.492. The van der Waals surface area contributed by atoms with E-state index in [-0.39, 0.29) is 34.7 Å². The summed E-state index contributed by atoms with van der Waals surface area (Å²) >= 11 is 1.17. The third-order valence-corrected chi connectivity index (χ3v) is 7.66. The monoisotopic (exact) mass is 470 g/mol. The van der Waals surface area contributed by atoms with Crippen molar-refractivity contribution in [1.82, 2.24) is 9.80 Å². The van der Waals surface area contributed by atoms with Crippen molar-refractivity contribution in [2.45, 2.75) is 37.9 Å². The van der Waals surface area contributed by atoms with Gasteiger partial charge in [0.15, 0.2) is 5.17 Å². The number of likely N-dealkylation sites (tertiary alicyclic amines) is 2. The summed E-state index contributed by atoms with van der Waals surface area (Å²) in [6, 6.07) is 7.67. The van der Waals surface area contributed by atoms with Crippen LogP contribution in [-0.2, 0) is 14.4 Å². The summed E-state index contributed by atoms with van der Waals surface area (Å²) in [6.45, 7) is 5.25. The van der Waals surface area contributed by atoms with Gasteiger partial charge in [0.05, 0.1) is 6.61 Å². The number of piperidine rings is 1. The molecule has 0 radical (unpaired) electrons. The van der Waals surface area contributed by atoms with Gasteiger partial charge >= 0.3 is 0 Å². The summed E-state index contributed by atoms with van der Waals surface area (Å²) in [5, 5.41) is -0.253. The smallest absolute Gasteiger partial charge is 0.262 e. The summed E-state index contributed by atoms with van der Waals surface area (Å²) < 4.78 is 5.62. The molecule has 2 saturated heterocycles. The Morgan fingerprint density at radius 3 is 2.58 bits per heavy atom. The number of nitrogens with two attached hydrogens (primary N) is 1. The van der Waals surface area contributed by atoms with Crippen molar-refractivity contribution in [3.05, 3.63) is 35.9 Å². The summed E-state index contributed by atoms with van der Waals surface area (Å²) in [6.07, 6.45) is 6.25. The number of para-hydroxylation sites is 1. The fraction of sp³-hybridized carbons (Fsp3) is 0.500. The van der Waals surface area contributed by atoms with Crippen molar-refractivity contribution < 1.29 is 19.1 Å². The molecule has 1 unspecified atom stereocenters. The minimum absolute atomic E-state index is 0.00330. The predicted molar refractivity (Wildman–Crippen MR) is 129 cm³/mol. The van der Waals surface area contributed by atoms with Gasteiger partial charge in [0.1, 0.15) is 11.0 Å². The lowest BCUT2D eigenvalue weighted by Gasteiger charge is -2.39. The molecule has 3 heterocycles. The molecule has 176 valence electrons. The summed E-state index contributed by atoms with van der Waals surface area (Å²) in [4.78, 5) is 44.7. The van der Waals surface area contributed by atoms with Gasteiger partial charge in [-0.05, 0) is 43.7 Å². The van der Waals surface area contributed by atoms with E-state index in [0.29, 0.717) is 32.8 Å². The van der Waals surface area contributed by atoms with Crippen LogP contribution in [0.5, 0.6) is 5.75 Å². The van der Waals surface area contributed by atoms with Gasteiger partial charge in [-0.15, -0.1) is 0 Å². The van der Waals surface area contributed by atoms with Gasteiger partial charge in [0, 0.05) is 44.2 Å². The van der Waals surface area contributed by atoms with Crippen LogP contribution in [0.15, 0.2) is 35.3 Å². The number of ether oxygens (including phenoxy) is 1. The number of amidine groups is 1. The summed E-state index contributed by atoms with van der Waals surface area (Å²) in [5.41, 5.74) is 6.54. The van der Waals surface area contributed by atoms with E-state index in [1.54, 1.807) is 6.08 Å². The van der Waals surface area contributed by atoms with E-state index in [4.69, 9.17) is 10.5 Å². The van der Waals surface area contributed by atoms with E-state index in [1.165, 1.54) is 11.8 Å². The van der Waals surface area contributed by atoms with Gasteiger partial charge in [-0.1, -0.05) is 30.0 Å². The molecule has 8 nitrogen and oxygen atoms in total. The number of carbonyl (C=O) groups excluding carboxylic acids is 3. The highest BCUT2D eigenvalue weighted by Gasteiger charge is 2.43. The van der Waals surface area contributed by atoms with Crippen LogP contribution in [0.2, 0.25) is 0 Å². The Bertz CT molecular complexity index is 984. The van der Waals surface area contributed by atoms with E-state index in [2.05, 4.69) is 4.99 Å². The van der Waals surface area contributed by atoms with Crippen LogP contribution in [0.4, 0.5) is 0 Å². The quantitative estimate of drug-likeness (QED) is 0.640. The van der Waals surface area contributed by atoms with Crippen molar-refractivity contribution in [3.8, 4) is 5.75 Å². The molecule has 2 N–H and O–H groups in total. The molecule has 33 heavy (non-hydrogen) atoms. The van der Waals surface area contributed by atoms with Crippen molar-refractivity contribution >= 4 is 40.7 Å². The number of amides is 3. The lowest BCUT2D eigenvalue weighted by Crippen LogP contribution is -2.44. The first-order chi connectivity index (χ1) is 15.9. The van der Waals surface area contributed by atoms with E-state index in [1.807, 2.05) is 47.1 Å². The van der Waals surface area contributed by atoms with Crippen LogP contribution in [0.1, 0.15) is 38.2 Å². The summed E-state index contributed by atoms with van der Waals surface area (Å²) in [7, 11) is 0. The maximum absolute atomic E-state index is 12.7. The van der Waals surface area contributed by atoms with Gasteiger partial charge in [-0.25, -0.2) is 0 Å². The molecule has 0 bridgehead atoms. The zero-order valence-corrected chi connectivity index (χ0v) is 19.7. The minimum Gasteiger partial charge on any atom is -0.493 e. The Labute approximate surface area is 198 Å². The van der Waals surface area contributed by atoms with Gasteiger partial charge in [-0.2, -0.15) is 4.99 Å². The topological polar surface area (TPSA) is 105 Å². The van der Waals surface area contributed by atoms with Crippen molar-refractivity contribution in [3.63, 3.8) is 0 Å². The molecule has 2 fully saturated rings. The Hall–Kier alpha value is -2.81. The molecule has 0 saturated carbocycles. The van der Waals surface area contributed by atoms with E-state index >= 15 is 0 Å². The summed E-state index contributed by atoms with van der Waals surface area (Å²) in [5.74, 6) is 0.432. The number of carbonyl (C=O) groups is 3. The van der Waals surface area contributed by atoms with Crippen LogP contribution in [-0.4, -0.2) is 70.7 Å². The van der Waals surface area contributed by atoms with Crippen LogP contribution < -0.4 is 10.5 Å². The zero-order valence-electron chi connectivity index (χ0n) is 18.9. The maximum atomic E-state index is 12.7. The van der Waals surface area contributed by atoms with E-state index in [9.17, 15) is 14.4 Å². The molecular formula is C24H30N4O4S. The van der Waals surface area contributed by atoms with Crippen molar-refractivity contribution in [2.75, 3.05) is 32.8 Å². The third-order valence-electron chi connectivity index (χ3n) is 6.67. The lowest BCUT2D eigenvalue weighted by molar-refractivity contribution is -0.133. The van der Waals surface area contributed by atoms with Crippen LogP contribution in [0.3, 0.4) is 0 Å². The number of benzene rings is 1. The van der Waals surface area contributed by atoms with Crippen molar-refractivity contribution in [2.24, 2.45) is 16.1 Å². The number of hydrogen-bond donors (Lipinski definition) is 1. The second kappa shape index (κ2) is 9.99. The SMILES string of the molecule is CCOc1ccccc1/C=C/C(=O)N1CCC2(CC1)CCN(C(=O)CC1SC(N)=NC1=O)C2. The van der Waals surface area contributed by atoms with E-state index in [0.717, 1.165) is 30.6 Å². The first-order valence-corrected chi connectivity index (χ1v) is 12.3. The first kappa shape index (κ1) is 23.4. The predicted octanol–water partition coefficient (Wildman–Crippen LogP) is 2.29. The molecule has 1 atom stereocenters. The zero-order chi connectivity index (χ0) is 23.4. The maximum Gasteiger partial charge on any atom is 0.262 e. The fourth-order valence-corrected chi connectivity index (χ4v) is 5.56. The molecule has 9 heteroatoms. The number of nitrogens with zero attached hydrogens (tertiary/aromatic N) is 3. The first-order valence-electron chi connectivity index (χ1n) is 11.4. The highest BCUT2D eigenvalue weighted by Crippen LogP contribution is 2.41. The van der Waals surface area contributed by atoms with Crippen LogP contribution in [0, 0.1) is 5.41 Å². The van der Waals surface area contributed by atoms with E-state index < -0.39 is 5.25 Å². The molecule has 3 aliphatic rings. The molecule has 1 aromatic carbocycles. The highest BCUT2D eigenvalue weighted by molar-refractivity contribution is 8.15. The Kier molecular flexibility index (Phi) is 7.07. The fourth-order valence-electron chi connectivity index (χ4n) is 4.75.